The summed E-state index contributed by atoms with van der Waals surface area (Å²) in [5, 5.41) is 4.49. The summed E-state index contributed by atoms with van der Waals surface area (Å²) >= 11 is 0. The van der Waals surface area contributed by atoms with Gasteiger partial charge in [-0.3, -0.25) is 9.78 Å². The lowest BCUT2D eigenvalue weighted by Gasteiger charge is -2.31. The molecular weight excluding hydrogens is 443 g/mol. The molecule has 6 nitrogen and oxygen atoms in total. The minimum atomic E-state index is -2.83. The van der Waals surface area contributed by atoms with Gasteiger partial charge in [-0.05, 0) is 49.6 Å². The second-order valence-corrected chi connectivity index (χ2v) is 8.59. The Hall–Kier alpha value is -3.75. The zero-order chi connectivity index (χ0) is 24.1. The van der Waals surface area contributed by atoms with Crippen molar-refractivity contribution in [3.8, 4) is 11.1 Å². The molecule has 174 valence electrons. The van der Waals surface area contributed by atoms with E-state index in [1.807, 2.05) is 24.0 Å². The number of hydrogen-bond acceptors (Lipinski definition) is 5. The number of nitrogens with zero attached hydrogens (tertiary/aromatic N) is 5. The van der Waals surface area contributed by atoms with E-state index in [0.717, 1.165) is 38.5 Å². The number of aryl methyl sites for hydroxylation is 2. The fraction of sp³-hybridized carbons (Fsp3) is 0.280. The quantitative estimate of drug-likeness (QED) is 0.438. The van der Waals surface area contributed by atoms with Crippen molar-refractivity contribution in [3.05, 3.63) is 86.3 Å². The number of pyridine rings is 1. The zero-order valence-corrected chi connectivity index (χ0v) is 18.9. The van der Waals surface area contributed by atoms with Gasteiger partial charge in [0.1, 0.15) is 11.5 Å². The van der Waals surface area contributed by atoms with Crippen LogP contribution in [-0.4, -0.2) is 26.1 Å². The van der Waals surface area contributed by atoms with Crippen LogP contribution in [-0.2, 0) is 13.0 Å². The van der Waals surface area contributed by atoms with Gasteiger partial charge in [0.2, 0.25) is 0 Å². The van der Waals surface area contributed by atoms with Gasteiger partial charge in [-0.25, -0.2) is 18.2 Å². The van der Waals surface area contributed by atoms with Crippen LogP contribution in [0.15, 0.2) is 41.3 Å². The molecule has 1 aromatic carbocycles. The van der Waals surface area contributed by atoms with Crippen molar-refractivity contribution in [3.63, 3.8) is 0 Å². The summed E-state index contributed by atoms with van der Waals surface area (Å²) in [7, 11) is 0. The van der Waals surface area contributed by atoms with E-state index >= 15 is 0 Å². The maximum absolute atomic E-state index is 14.1. The highest BCUT2D eigenvalue weighted by Crippen LogP contribution is 2.30. The molecule has 0 radical (unpaired) electrons. The van der Waals surface area contributed by atoms with Gasteiger partial charge in [0.05, 0.1) is 0 Å². The predicted octanol–water partition coefficient (Wildman–Crippen LogP) is 4.72. The van der Waals surface area contributed by atoms with E-state index in [4.69, 9.17) is 0 Å². The molecule has 34 heavy (non-hydrogen) atoms. The third-order valence-corrected chi connectivity index (χ3v) is 6.41. The first kappa shape index (κ1) is 22.1. The van der Waals surface area contributed by atoms with Gasteiger partial charge in [0, 0.05) is 54.2 Å². The SMILES string of the molecule is Cc1ccc(-c2cnc3c(c2)CN(c2nn4c(=O)cc(C(F)F)nc4c(C)c2C)CC3)cc1F. The van der Waals surface area contributed by atoms with Crippen molar-refractivity contribution in [2.75, 3.05) is 11.4 Å². The van der Waals surface area contributed by atoms with Crippen LogP contribution in [0, 0.1) is 26.6 Å². The highest BCUT2D eigenvalue weighted by molar-refractivity contribution is 5.65. The van der Waals surface area contributed by atoms with E-state index in [2.05, 4.69) is 15.1 Å². The van der Waals surface area contributed by atoms with E-state index in [-0.39, 0.29) is 11.5 Å². The number of fused-ring (bicyclic) bond motifs is 2. The van der Waals surface area contributed by atoms with Crippen LogP contribution in [0.1, 0.15) is 40.1 Å². The standard InChI is InChI=1S/C25H22F3N5O/c1-13-4-5-16(9-19(13)26)17-8-18-12-32(7-6-20(18)29-11-17)25-15(3)14(2)24-30-21(23(27)28)10-22(34)33(24)31-25/h4-5,8-11,23H,6-7,12H2,1-3H3. The normalized spacial score (nSPS) is 13.6. The molecule has 0 aliphatic carbocycles. The van der Waals surface area contributed by atoms with Crippen LogP contribution >= 0.6 is 0 Å². The average molecular weight is 465 g/mol. The first-order valence-corrected chi connectivity index (χ1v) is 10.9. The largest absolute Gasteiger partial charge is 0.350 e. The van der Waals surface area contributed by atoms with Crippen LogP contribution in [0.4, 0.5) is 19.0 Å². The highest BCUT2D eigenvalue weighted by atomic mass is 19.3. The topological polar surface area (TPSA) is 63.4 Å². The molecule has 4 aromatic rings. The second-order valence-electron chi connectivity index (χ2n) is 8.59. The van der Waals surface area contributed by atoms with Crippen LogP contribution in [0.25, 0.3) is 16.8 Å². The fourth-order valence-corrected chi connectivity index (χ4v) is 4.29. The van der Waals surface area contributed by atoms with Gasteiger partial charge in [-0.15, -0.1) is 5.10 Å². The Morgan fingerprint density at radius 2 is 1.82 bits per heavy atom. The molecule has 9 heteroatoms. The van der Waals surface area contributed by atoms with Gasteiger partial charge in [0.15, 0.2) is 11.5 Å². The molecule has 0 spiro atoms. The Kier molecular flexibility index (Phi) is 5.34. The molecule has 3 aromatic heterocycles. The number of hydrogen-bond donors (Lipinski definition) is 0. The Bertz CT molecular complexity index is 1500. The van der Waals surface area contributed by atoms with Gasteiger partial charge in [-0.2, -0.15) is 4.52 Å². The summed E-state index contributed by atoms with van der Waals surface area (Å²) < 4.78 is 41.5. The van der Waals surface area contributed by atoms with Gasteiger partial charge in [-0.1, -0.05) is 12.1 Å². The second kappa shape index (κ2) is 8.23. The van der Waals surface area contributed by atoms with Crippen LogP contribution in [0.5, 0.6) is 0 Å². The molecule has 0 atom stereocenters. The number of halogens is 3. The molecule has 0 saturated carbocycles. The number of benzene rings is 1. The molecule has 0 unspecified atom stereocenters. The van der Waals surface area contributed by atoms with E-state index in [1.165, 1.54) is 6.07 Å². The van der Waals surface area contributed by atoms with E-state index in [1.54, 1.807) is 26.1 Å². The molecule has 1 aliphatic heterocycles. The molecule has 5 rings (SSSR count). The Morgan fingerprint density at radius 3 is 2.56 bits per heavy atom. The molecule has 0 N–H and O–H groups in total. The summed E-state index contributed by atoms with van der Waals surface area (Å²) in [5.41, 5.74) is 4.42. The molecule has 1 aliphatic rings. The molecular formula is C25H22F3N5O. The lowest BCUT2D eigenvalue weighted by atomic mass is 9.99. The highest BCUT2D eigenvalue weighted by Gasteiger charge is 2.24. The first-order valence-electron chi connectivity index (χ1n) is 10.9. The van der Waals surface area contributed by atoms with E-state index in [9.17, 15) is 18.0 Å². The molecule has 0 saturated heterocycles. The van der Waals surface area contributed by atoms with Gasteiger partial charge < -0.3 is 4.90 Å². The van der Waals surface area contributed by atoms with Crippen molar-refractivity contribution < 1.29 is 13.2 Å². The van der Waals surface area contributed by atoms with Crippen LogP contribution in [0.2, 0.25) is 0 Å². The molecule has 0 bridgehead atoms. The predicted molar refractivity (Wildman–Crippen MR) is 123 cm³/mol. The van der Waals surface area contributed by atoms with Crippen LogP contribution < -0.4 is 10.5 Å². The average Bonchev–Trinajstić information content (AvgIpc) is 2.82. The molecule has 0 amide bonds. The fourth-order valence-electron chi connectivity index (χ4n) is 4.29. The van der Waals surface area contributed by atoms with Crippen LogP contribution in [0.3, 0.4) is 0 Å². The smallest absolute Gasteiger partial charge is 0.280 e. The Labute approximate surface area is 193 Å². The van der Waals surface area contributed by atoms with Gasteiger partial charge >= 0.3 is 0 Å². The Balaban J connectivity index is 1.54. The molecule has 4 heterocycles. The number of aromatic nitrogens is 4. The monoisotopic (exact) mass is 465 g/mol. The van der Waals surface area contributed by atoms with E-state index < -0.39 is 17.7 Å². The van der Waals surface area contributed by atoms with Crippen molar-refractivity contribution in [2.45, 2.75) is 40.2 Å². The number of alkyl halides is 2. The lowest BCUT2D eigenvalue weighted by Crippen LogP contribution is -2.34. The summed E-state index contributed by atoms with van der Waals surface area (Å²) in [6.45, 7) is 6.45. The molecule has 0 fully saturated rings. The maximum atomic E-state index is 14.1. The van der Waals surface area contributed by atoms with Crippen molar-refractivity contribution in [1.29, 1.82) is 0 Å². The summed E-state index contributed by atoms with van der Waals surface area (Å²) in [6.07, 6.45) is -0.402. The number of rotatable bonds is 3. The summed E-state index contributed by atoms with van der Waals surface area (Å²) in [5.74, 6) is 0.327. The zero-order valence-electron chi connectivity index (χ0n) is 18.9. The first-order chi connectivity index (χ1) is 16.2. The van der Waals surface area contributed by atoms with Gasteiger partial charge in [0.25, 0.3) is 12.0 Å². The minimum Gasteiger partial charge on any atom is -0.350 e. The third-order valence-electron chi connectivity index (χ3n) is 6.41. The van der Waals surface area contributed by atoms with Crippen molar-refractivity contribution in [2.24, 2.45) is 0 Å². The minimum absolute atomic E-state index is 0.131. The Morgan fingerprint density at radius 1 is 1.03 bits per heavy atom. The summed E-state index contributed by atoms with van der Waals surface area (Å²) in [4.78, 5) is 23.1. The van der Waals surface area contributed by atoms with Crippen molar-refractivity contribution >= 4 is 11.5 Å². The third kappa shape index (κ3) is 3.70. The summed E-state index contributed by atoms with van der Waals surface area (Å²) in [6, 6.07) is 7.95. The number of anilines is 1. The lowest BCUT2D eigenvalue weighted by molar-refractivity contribution is 0.146. The van der Waals surface area contributed by atoms with E-state index in [0.29, 0.717) is 36.5 Å². The maximum Gasteiger partial charge on any atom is 0.280 e. The van der Waals surface area contributed by atoms with Crippen molar-refractivity contribution in [1.82, 2.24) is 19.6 Å².